The number of aliphatic carboxylic acids is 1. The van der Waals surface area contributed by atoms with Gasteiger partial charge in [-0.2, -0.15) is 0 Å². The number of ether oxygens (including phenoxy) is 1. The highest BCUT2D eigenvalue weighted by atomic mass is 32.1. The van der Waals surface area contributed by atoms with E-state index in [1.165, 1.54) is 9.75 Å². The minimum Gasteiger partial charge on any atom is -0.479 e. The summed E-state index contributed by atoms with van der Waals surface area (Å²) >= 11 is 1.74. The Kier molecular flexibility index (Phi) is 3.52. The highest BCUT2D eigenvalue weighted by molar-refractivity contribution is 7.12. The lowest BCUT2D eigenvalue weighted by Crippen LogP contribution is -2.49. The number of rotatable bonds is 3. The van der Waals surface area contributed by atoms with Crippen LogP contribution in [0.4, 0.5) is 0 Å². The highest BCUT2D eigenvalue weighted by Crippen LogP contribution is 2.50. The van der Waals surface area contributed by atoms with Crippen molar-refractivity contribution in [3.05, 3.63) is 21.9 Å². The van der Waals surface area contributed by atoms with Crippen molar-refractivity contribution in [2.24, 2.45) is 5.92 Å². The van der Waals surface area contributed by atoms with Gasteiger partial charge in [-0.1, -0.05) is 0 Å². The Morgan fingerprint density at radius 2 is 2.25 bits per heavy atom. The molecular formula is C14H17NO4S. The van der Waals surface area contributed by atoms with Crippen LogP contribution in [0.3, 0.4) is 0 Å². The standard InChI is InChI=1S/C14H17NO4S/c1-8-2-3-12(20-8)9-6-10(9)13(16)15-4-5-19-11(7-15)14(17)18/h2-3,9-11H,4-7H2,1H3,(H,17,18). The van der Waals surface area contributed by atoms with Gasteiger partial charge in [-0.05, 0) is 25.5 Å². The van der Waals surface area contributed by atoms with E-state index in [2.05, 4.69) is 19.1 Å². The van der Waals surface area contributed by atoms with E-state index in [9.17, 15) is 9.59 Å². The molecule has 1 N–H and O–H groups in total. The van der Waals surface area contributed by atoms with E-state index in [1.807, 2.05) is 0 Å². The second kappa shape index (κ2) is 5.18. The van der Waals surface area contributed by atoms with Crippen LogP contribution >= 0.6 is 11.3 Å². The van der Waals surface area contributed by atoms with Crippen molar-refractivity contribution in [1.29, 1.82) is 0 Å². The van der Waals surface area contributed by atoms with E-state index in [0.717, 1.165) is 6.42 Å². The summed E-state index contributed by atoms with van der Waals surface area (Å²) in [5.41, 5.74) is 0. The second-order valence-electron chi connectivity index (χ2n) is 5.38. The summed E-state index contributed by atoms with van der Waals surface area (Å²) in [6.07, 6.45) is 0.00215. The summed E-state index contributed by atoms with van der Waals surface area (Å²) in [5, 5.41) is 8.96. The zero-order valence-corrected chi connectivity index (χ0v) is 12.1. The van der Waals surface area contributed by atoms with Crippen LogP contribution in [0, 0.1) is 12.8 Å². The first-order valence-corrected chi connectivity index (χ1v) is 7.57. The van der Waals surface area contributed by atoms with Gasteiger partial charge in [0, 0.05) is 28.1 Å². The van der Waals surface area contributed by atoms with Crippen molar-refractivity contribution in [2.45, 2.75) is 25.4 Å². The normalized spacial score (nSPS) is 29.2. The lowest BCUT2D eigenvalue weighted by molar-refractivity contribution is -0.159. The van der Waals surface area contributed by atoms with Crippen LogP contribution in [0.15, 0.2) is 12.1 Å². The molecule has 5 nitrogen and oxygen atoms in total. The molecule has 3 rings (SSSR count). The fourth-order valence-corrected chi connectivity index (χ4v) is 3.72. The summed E-state index contributed by atoms with van der Waals surface area (Å²) < 4.78 is 5.14. The molecule has 0 aromatic carbocycles. The fraction of sp³-hybridized carbons (Fsp3) is 0.571. The minimum atomic E-state index is -0.997. The quantitative estimate of drug-likeness (QED) is 0.917. The van der Waals surface area contributed by atoms with Crippen LogP contribution in [-0.4, -0.2) is 47.7 Å². The molecule has 1 aliphatic heterocycles. The molecule has 0 spiro atoms. The molecule has 2 fully saturated rings. The molecule has 2 heterocycles. The predicted octanol–water partition coefficient (Wildman–Crippen LogP) is 1.47. The lowest BCUT2D eigenvalue weighted by atomic mass is 10.2. The number of carboxylic acids is 1. The van der Waals surface area contributed by atoms with Crippen LogP contribution in [0.2, 0.25) is 0 Å². The number of thiophene rings is 1. The monoisotopic (exact) mass is 295 g/mol. The van der Waals surface area contributed by atoms with E-state index in [0.29, 0.717) is 19.1 Å². The van der Waals surface area contributed by atoms with E-state index in [1.54, 1.807) is 16.2 Å². The van der Waals surface area contributed by atoms with Crippen molar-refractivity contribution in [3.63, 3.8) is 0 Å². The lowest BCUT2D eigenvalue weighted by Gasteiger charge is -2.31. The van der Waals surface area contributed by atoms with Gasteiger partial charge in [-0.15, -0.1) is 11.3 Å². The Morgan fingerprint density at radius 3 is 2.90 bits per heavy atom. The van der Waals surface area contributed by atoms with Crippen LogP contribution in [0.25, 0.3) is 0 Å². The van der Waals surface area contributed by atoms with Crippen LogP contribution in [0.5, 0.6) is 0 Å². The molecule has 3 unspecified atom stereocenters. The molecule has 1 aliphatic carbocycles. The zero-order chi connectivity index (χ0) is 14.3. The average molecular weight is 295 g/mol. The van der Waals surface area contributed by atoms with E-state index in [4.69, 9.17) is 9.84 Å². The maximum atomic E-state index is 12.4. The number of morpholine rings is 1. The summed E-state index contributed by atoms with van der Waals surface area (Å²) in [6, 6.07) is 4.17. The molecule has 1 saturated heterocycles. The van der Waals surface area contributed by atoms with E-state index >= 15 is 0 Å². The summed E-state index contributed by atoms with van der Waals surface area (Å²) in [4.78, 5) is 27.5. The SMILES string of the molecule is Cc1ccc(C2CC2C(=O)N2CCOC(C(=O)O)C2)s1. The Bertz CT molecular complexity index is 541. The Balaban J connectivity index is 1.61. The number of hydrogen-bond donors (Lipinski definition) is 1. The van der Waals surface area contributed by atoms with Gasteiger partial charge in [0.05, 0.1) is 13.2 Å². The predicted molar refractivity (Wildman–Crippen MR) is 73.9 cm³/mol. The molecule has 1 saturated carbocycles. The van der Waals surface area contributed by atoms with Crippen LogP contribution < -0.4 is 0 Å². The first-order valence-electron chi connectivity index (χ1n) is 6.76. The van der Waals surface area contributed by atoms with Crippen molar-refractivity contribution < 1.29 is 19.4 Å². The molecule has 1 amide bonds. The number of carbonyl (C=O) groups excluding carboxylic acids is 1. The van der Waals surface area contributed by atoms with Crippen molar-refractivity contribution >= 4 is 23.2 Å². The van der Waals surface area contributed by atoms with Crippen molar-refractivity contribution in [1.82, 2.24) is 4.90 Å². The molecule has 1 aromatic rings. The number of carboxylic acid groups (broad SMARTS) is 1. The van der Waals surface area contributed by atoms with Gasteiger partial charge in [0.15, 0.2) is 6.10 Å². The molecule has 6 heteroatoms. The maximum absolute atomic E-state index is 12.4. The fourth-order valence-electron chi connectivity index (χ4n) is 2.67. The Labute approximate surface area is 121 Å². The molecule has 1 aromatic heterocycles. The second-order valence-corrected chi connectivity index (χ2v) is 6.70. The topological polar surface area (TPSA) is 66.8 Å². The van der Waals surface area contributed by atoms with Gasteiger partial charge < -0.3 is 14.7 Å². The van der Waals surface area contributed by atoms with Gasteiger partial charge in [0.25, 0.3) is 0 Å². The third-order valence-corrected chi connectivity index (χ3v) is 5.02. The Morgan fingerprint density at radius 1 is 1.45 bits per heavy atom. The van der Waals surface area contributed by atoms with Gasteiger partial charge in [-0.25, -0.2) is 4.79 Å². The van der Waals surface area contributed by atoms with Gasteiger partial charge in [0.1, 0.15) is 0 Å². The van der Waals surface area contributed by atoms with Crippen molar-refractivity contribution in [3.8, 4) is 0 Å². The minimum absolute atomic E-state index is 0.0283. The number of nitrogens with zero attached hydrogens (tertiary/aromatic N) is 1. The molecule has 0 radical (unpaired) electrons. The first-order chi connectivity index (χ1) is 9.56. The van der Waals surface area contributed by atoms with Crippen LogP contribution in [-0.2, 0) is 14.3 Å². The van der Waals surface area contributed by atoms with E-state index in [-0.39, 0.29) is 18.4 Å². The summed E-state index contributed by atoms with van der Waals surface area (Å²) in [5.74, 6) is -0.563. The van der Waals surface area contributed by atoms with E-state index < -0.39 is 12.1 Å². The summed E-state index contributed by atoms with van der Waals surface area (Å²) in [6.45, 7) is 3.03. The number of aryl methyl sites for hydroxylation is 1. The highest BCUT2D eigenvalue weighted by Gasteiger charge is 2.47. The number of carbonyl (C=O) groups is 2. The molecule has 20 heavy (non-hydrogen) atoms. The van der Waals surface area contributed by atoms with Gasteiger partial charge in [-0.3, -0.25) is 4.79 Å². The summed E-state index contributed by atoms with van der Waals surface area (Å²) in [7, 11) is 0. The third kappa shape index (κ3) is 2.58. The molecular weight excluding hydrogens is 278 g/mol. The molecule has 0 bridgehead atoms. The first kappa shape index (κ1) is 13.6. The van der Waals surface area contributed by atoms with Gasteiger partial charge in [0.2, 0.25) is 5.91 Å². The third-order valence-electron chi connectivity index (χ3n) is 3.89. The zero-order valence-electron chi connectivity index (χ0n) is 11.2. The number of hydrogen-bond acceptors (Lipinski definition) is 4. The smallest absolute Gasteiger partial charge is 0.334 e. The largest absolute Gasteiger partial charge is 0.479 e. The molecule has 2 aliphatic rings. The molecule has 108 valence electrons. The molecule has 3 atom stereocenters. The Hall–Kier alpha value is -1.40. The average Bonchev–Trinajstić information content (AvgIpc) is 3.13. The number of amides is 1. The van der Waals surface area contributed by atoms with Crippen LogP contribution in [0.1, 0.15) is 22.1 Å². The van der Waals surface area contributed by atoms with Crippen molar-refractivity contribution in [2.75, 3.05) is 19.7 Å². The maximum Gasteiger partial charge on any atom is 0.334 e. The van der Waals surface area contributed by atoms with Gasteiger partial charge >= 0.3 is 5.97 Å².